The van der Waals surface area contributed by atoms with Crippen LogP contribution in [0.3, 0.4) is 0 Å². The molecule has 0 aliphatic heterocycles. The van der Waals surface area contributed by atoms with Crippen molar-refractivity contribution in [2.24, 2.45) is 5.41 Å². The van der Waals surface area contributed by atoms with E-state index in [1.54, 1.807) is 0 Å². The Morgan fingerprint density at radius 1 is 1.53 bits per heavy atom. The van der Waals surface area contributed by atoms with Crippen LogP contribution in [0.25, 0.3) is 0 Å². The SMILES string of the molecule is COC(=O)c1nc(NC2CCCC(C)(C)C2)sc1C. The van der Waals surface area contributed by atoms with Crippen molar-refractivity contribution in [1.29, 1.82) is 0 Å². The Morgan fingerprint density at radius 2 is 2.26 bits per heavy atom. The molecule has 0 saturated heterocycles. The highest BCUT2D eigenvalue weighted by Crippen LogP contribution is 2.37. The van der Waals surface area contributed by atoms with E-state index >= 15 is 0 Å². The van der Waals surface area contributed by atoms with Crippen LogP contribution in [-0.4, -0.2) is 24.1 Å². The predicted molar refractivity (Wildman–Crippen MR) is 77.9 cm³/mol. The highest BCUT2D eigenvalue weighted by Gasteiger charge is 2.28. The van der Waals surface area contributed by atoms with Crippen LogP contribution in [0.2, 0.25) is 0 Å². The van der Waals surface area contributed by atoms with Crippen molar-refractivity contribution >= 4 is 22.4 Å². The van der Waals surface area contributed by atoms with E-state index in [1.165, 1.54) is 37.7 Å². The summed E-state index contributed by atoms with van der Waals surface area (Å²) in [7, 11) is 1.39. The van der Waals surface area contributed by atoms with Crippen molar-refractivity contribution in [3.63, 3.8) is 0 Å². The average Bonchev–Trinajstić information content (AvgIpc) is 2.68. The maximum absolute atomic E-state index is 11.5. The number of anilines is 1. The molecule has 1 aromatic rings. The lowest BCUT2D eigenvalue weighted by molar-refractivity contribution is 0.0594. The van der Waals surface area contributed by atoms with Gasteiger partial charge in [0.05, 0.1) is 7.11 Å². The van der Waals surface area contributed by atoms with Crippen LogP contribution < -0.4 is 5.32 Å². The molecule has 1 unspecified atom stereocenters. The largest absolute Gasteiger partial charge is 0.464 e. The zero-order valence-electron chi connectivity index (χ0n) is 12.1. The van der Waals surface area contributed by atoms with E-state index in [9.17, 15) is 4.79 Å². The van der Waals surface area contributed by atoms with Gasteiger partial charge in [0.2, 0.25) is 0 Å². The molecule has 4 nitrogen and oxygen atoms in total. The minimum atomic E-state index is -0.356. The van der Waals surface area contributed by atoms with E-state index in [0.717, 1.165) is 16.4 Å². The van der Waals surface area contributed by atoms with E-state index in [2.05, 4.69) is 24.1 Å². The first kappa shape index (κ1) is 14.3. The van der Waals surface area contributed by atoms with Crippen molar-refractivity contribution in [3.05, 3.63) is 10.6 Å². The van der Waals surface area contributed by atoms with Gasteiger partial charge in [-0.25, -0.2) is 9.78 Å². The molecule has 0 radical (unpaired) electrons. The number of ether oxygens (including phenoxy) is 1. The molecular weight excluding hydrogens is 260 g/mol. The Bertz CT molecular complexity index is 468. The summed E-state index contributed by atoms with van der Waals surface area (Å²) in [6.07, 6.45) is 4.86. The Balaban J connectivity index is 2.05. The number of esters is 1. The van der Waals surface area contributed by atoms with Crippen molar-refractivity contribution < 1.29 is 9.53 Å². The molecule has 5 heteroatoms. The van der Waals surface area contributed by atoms with Crippen molar-refractivity contribution in [3.8, 4) is 0 Å². The number of rotatable bonds is 3. The second kappa shape index (κ2) is 5.49. The fraction of sp³-hybridized carbons (Fsp3) is 0.714. The molecule has 0 amide bonds. The summed E-state index contributed by atoms with van der Waals surface area (Å²) in [4.78, 5) is 16.8. The molecule has 2 rings (SSSR count). The number of nitrogens with zero attached hydrogens (tertiary/aromatic N) is 1. The molecule has 1 heterocycles. The summed E-state index contributed by atoms with van der Waals surface area (Å²) in [5.41, 5.74) is 0.831. The van der Waals surface area contributed by atoms with Crippen LogP contribution in [-0.2, 0) is 4.74 Å². The topological polar surface area (TPSA) is 51.2 Å². The quantitative estimate of drug-likeness (QED) is 0.860. The number of carbonyl (C=O) groups is 1. The summed E-state index contributed by atoms with van der Waals surface area (Å²) in [5, 5.41) is 4.31. The van der Waals surface area contributed by atoms with Gasteiger partial charge in [-0.05, 0) is 31.6 Å². The van der Waals surface area contributed by atoms with E-state index in [1.807, 2.05) is 6.92 Å². The van der Waals surface area contributed by atoms with Crippen LogP contribution in [0.4, 0.5) is 5.13 Å². The zero-order chi connectivity index (χ0) is 14.0. The maximum Gasteiger partial charge on any atom is 0.357 e. The molecule has 106 valence electrons. The lowest BCUT2D eigenvalue weighted by atomic mass is 9.75. The second-order valence-corrected chi connectivity index (χ2v) is 7.22. The molecule has 19 heavy (non-hydrogen) atoms. The van der Waals surface area contributed by atoms with Crippen LogP contribution in [0.15, 0.2) is 0 Å². The first-order chi connectivity index (χ1) is 8.91. The summed E-state index contributed by atoms with van der Waals surface area (Å²) < 4.78 is 4.73. The molecule has 0 spiro atoms. The van der Waals surface area contributed by atoms with Gasteiger partial charge in [-0.3, -0.25) is 0 Å². The second-order valence-electron chi connectivity index (χ2n) is 6.02. The van der Waals surface area contributed by atoms with Gasteiger partial charge in [0.15, 0.2) is 10.8 Å². The number of nitrogens with one attached hydrogen (secondary N) is 1. The van der Waals surface area contributed by atoms with Gasteiger partial charge < -0.3 is 10.1 Å². The fourth-order valence-electron chi connectivity index (χ4n) is 2.74. The number of aryl methyl sites for hydroxylation is 1. The van der Waals surface area contributed by atoms with Gasteiger partial charge >= 0.3 is 5.97 Å². The molecule has 1 N–H and O–H groups in total. The van der Waals surface area contributed by atoms with Gasteiger partial charge in [0.1, 0.15) is 0 Å². The summed E-state index contributed by atoms with van der Waals surface area (Å²) >= 11 is 1.53. The lowest BCUT2D eigenvalue weighted by Gasteiger charge is -2.35. The lowest BCUT2D eigenvalue weighted by Crippen LogP contribution is -2.31. The maximum atomic E-state index is 11.5. The number of carbonyl (C=O) groups excluding carboxylic acids is 1. The highest BCUT2D eigenvalue weighted by atomic mass is 32.1. The van der Waals surface area contributed by atoms with Crippen molar-refractivity contribution in [2.45, 2.75) is 52.5 Å². The van der Waals surface area contributed by atoms with Crippen LogP contribution in [0.5, 0.6) is 0 Å². The monoisotopic (exact) mass is 282 g/mol. The summed E-state index contributed by atoms with van der Waals surface area (Å²) in [6, 6.07) is 0.458. The highest BCUT2D eigenvalue weighted by molar-refractivity contribution is 7.15. The van der Waals surface area contributed by atoms with E-state index in [-0.39, 0.29) is 5.97 Å². The van der Waals surface area contributed by atoms with Gasteiger partial charge in [-0.15, -0.1) is 11.3 Å². The van der Waals surface area contributed by atoms with Crippen molar-refractivity contribution in [1.82, 2.24) is 4.98 Å². The molecular formula is C14H22N2O2S. The molecule has 1 aliphatic carbocycles. The van der Waals surface area contributed by atoms with Crippen LogP contribution in [0.1, 0.15) is 54.9 Å². The van der Waals surface area contributed by atoms with Gasteiger partial charge in [0.25, 0.3) is 0 Å². The molecule has 1 fully saturated rings. The van der Waals surface area contributed by atoms with E-state index in [0.29, 0.717) is 17.2 Å². The van der Waals surface area contributed by atoms with Crippen LogP contribution in [0, 0.1) is 12.3 Å². The molecule has 1 saturated carbocycles. The first-order valence-corrected chi connectivity index (χ1v) is 7.55. The van der Waals surface area contributed by atoms with Gasteiger partial charge in [-0.2, -0.15) is 0 Å². The normalized spacial score (nSPS) is 22.0. The fourth-order valence-corrected chi connectivity index (χ4v) is 3.62. The smallest absolute Gasteiger partial charge is 0.357 e. The summed E-state index contributed by atoms with van der Waals surface area (Å²) in [6.45, 7) is 6.53. The average molecular weight is 282 g/mol. The molecule has 1 atom stereocenters. The molecule has 1 aromatic heterocycles. The number of aromatic nitrogens is 1. The summed E-state index contributed by atoms with van der Waals surface area (Å²) in [5.74, 6) is -0.356. The third-order valence-electron chi connectivity index (χ3n) is 3.71. The standard InChI is InChI=1S/C14H22N2O2S/c1-9-11(12(17)18-4)16-13(19-9)15-10-6-5-7-14(2,3)8-10/h10H,5-8H2,1-4H3,(H,15,16). The Hall–Kier alpha value is -1.10. The molecule has 0 aromatic carbocycles. The minimum absolute atomic E-state index is 0.356. The van der Waals surface area contributed by atoms with Crippen LogP contribution >= 0.6 is 11.3 Å². The number of hydrogen-bond acceptors (Lipinski definition) is 5. The molecule has 0 bridgehead atoms. The van der Waals surface area contributed by atoms with Crippen molar-refractivity contribution in [2.75, 3.05) is 12.4 Å². The zero-order valence-corrected chi connectivity index (χ0v) is 12.9. The molecule has 1 aliphatic rings. The minimum Gasteiger partial charge on any atom is -0.464 e. The van der Waals surface area contributed by atoms with E-state index < -0.39 is 0 Å². The Kier molecular flexibility index (Phi) is 4.13. The number of hydrogen-bond donors (Lipinski definition) is 1. The number of methoxy groups -OCH3 is 1. The third kappa shape index (κ3) is 3.47. The predicted octanol–water partition coefficient (Wildman–Crippen LogP) is 3.62. The van der Waals surface area contributed by atoms with E-state index in [4.69, 9.17) is 4.74 Å². The van der Waals surface area contributed by atoms with Gasteiger partial charge in [-0.1, -0.05) is 20.3 Å². The first-order valence-electron chi connectivity index (χ1n) is 6.73. The third-order valence-corrected chi connectivity index (χ3v) is 4.61. The Labute approximate surface area is 118 Å². The number of thiazole rings is 1. The van der Waals surface area contributed by atoms with Gasteiger partial charge in [0, 0.05) is 10.9 Å². The Morgan fingerprint density at radius 3 is 2.89 bits per heavy atom.